The molecule has 0 saturated heterocycles. The van der Waals surface area contributed by atoms with Crippen LogP contribution in [0, 0.1) is 0 Å². The van der Waals surface area contributed by atoms with Crippen LogP contribution in [0.15, 0.2) is 60.9 Å². The van der Waals surface area contributed by atoms with E-state index in [1.54, 1.807) is 6.20 Å². The predicted octanol–water partition coefficient (Wildman–Crippen LogP) is 3.83. The first kappa shape index (κ1) is 13.6. The van der Waals surface area contributed by atoms with Crippen molar-refractivity contribution in [2.24, 2.45) is 5.73 Å². The zero-order chi connectivity index (χ0) is 14.7. The molecule has 0 radical (unpaired) electrons. The average Bonchev–Trinajstić information content (AvgIpc) is 2.53. The molecule has 0 fully saturated rings. The van der Waals surface area contributed by atoms with Gasteiger partial charge in [-0.15, -0.1) is 0 Å². The molecule has 3 aromatic rings. The van der Waals surface area contributed by atoms with Gasteiger partial charge < -0.3 is 10.5 Å². The van der Waals surface area contributed by atoms with Crippen LogP contribution in [-0.2, 0) is 6.61 Å². The Labute approximate surface area is 124 Å². The Balaban J connectivity index is 2.00. The van der Waals surface area contributed by atoms with E-state index in [2.05, 4.69) is 23.2 Å². The molecular weight excluding hydrogens is 260 g/mol. The van der Waals surface area contributed by atoms with Crippen LogP contribution in [0.3, 0.4) is 0 Å². The molecule has 0 bridgehead atoms. The molecule has 0 aliphatic rings. The Hall–Kier alpha value is -2.39. The van der Waals surface area contributed by atoms with Gasteiger partial charge in [0.2, 0.25) is 0 Å². The first-order valence-electron chi connectivity index (χ1n) is 7.04. The van der Waals surface area contributed by atoms with Crippen LogP contribution in [0.1, 0.15) is 24.1 Å². The van der Waals surface area contributed by atoms with Gasteiger partial charge in [0.15, 0.2) is 0 Å². The van der Waals surface area contributed by atoms with Crippen LogP contribution >= 0.6 is 0 Å². The molecule has 2 aromatic carbocycles. The number of hydrogen-bond donors (Lipinski definition) is 1. The SMILES string of the molecule is CC(N)c1ccc2ccccc2c1OCc1cccnc1. The highest BCUT2D eigenvalue weighted by Gasteiger charge is 2.12. The summed E-state index contributed by atoms with van der Waals surface area (Å²) in [6.07, 6.45) is 3.57. The molecule has 1 unspecified atom stereocenters. The summed E-state index contributed by atoms with van der Waals surface area (Å²) >= 11 is 0. The molecule has 1 heterocycles. The van der Waals surface area contributed by atoms with Crippen molar-refractivity contribution in [1.82, 2.24) is 4.98 Å². The summed E-state index contributed by atoms with van der Waals surface area (Å²) in [4.78, 5) is 4.11. The Morgan fingerprint density at radius 1 is 1.10 bits per heavy atom. The van der Waals surface area contributed by atoms with E-state index in [0.29, 0.717) is 6.61 Å². The van der Waals surface area contributed by atoms with E-state index in [1.807, 2.05) is 43.5 Å². The first-order chi connectivity index (χ1) is 10.3. The number of nitrogens with zero attached hydrogens (tertiary/aromatic N) is 1. The summed E-state index contributed by atoms with van der Waals surface area (Å²) in [6, 6.07) is 16.2. The predicted molar refractivity (Wildman–Crippen MR) is 85.1 cm³/mol. The third kappa shape index (κ3) is 2.88. The van der Waals surface area contributed by atoms with E-state index in [1.165, 1.54) is 0 Å². The lowest BCUT2D eigenvalue weighted by Crippen LogP contribution is -2.08. The Bertz CT molecular complexity index is 739. The van der Waals surface area contributed by atoms with Gasteiger partial charge in [-0.3, -0.25) is 4.98 Å². The molecule has 1 aromatic heterocycles. The summed E-state index contributed by atoms with van der Waals surface area (Å²) in [5.41, 5.74) is 8.15. The molecule has 1 atom stereocenters. The Kier molecular flexibility index (Phi) is 3.84. The van der Waals surface area contributed by atoms with Crippen LogP contribution in [0.25, 0.3) is 10.8 Å². The van der Waals surface area contributed by atoms with Crippen molar-refractivity contribution in [1.29, 1.82) is 0 Å². The zero-order valence-corrected chi connectivity index (χ0v) is 12.0. The van der Waals surface area contributed by atoms with Crippen molar-refractivity contribution in [3.8, 4) is 5.75 Å². The maximum Gasteiger partial charge on any atom is 0.132 e. The van der Waals surface area contributed by atoms with Crippen molar-refractivity contribution in [3.63, 3.8) is 0 Å². The highest BCUT2D eigenvalue weighted by Crippen LogP contribution is 2.33. The molecule has 3 rings (SSSR count). The molecule has 2 N–H and O–H groups in total. The number of ether oxygens (including phenoxy) is 1. The number of nitrogens with two attached hydrogens (primary N) is 1. The minimum atomic E-state index is -0.0708. The number of pyridine rings is 1. The fourth-order valence-corrected chi connectivity index (χ4v) is 2.42. The number of fused-ring (bicyclic) bond motifs is 1. The molecule has 21 heavy (non-hydrogen) atoms. The highest BCUT2D eigenvalue weighted by molar-refractivity contribution is 5.89. The quantitative estimate of drug-likeness (QED) is 0.789. The lowest BCUT2D eigenvalue weighted by Gasteiger charge is -2.16. The molecule has 0 amide bonds. The number of rotatable bonds is 4. The largest absolute Gasteiger partial charge is 0.488 e. The van der Waals surface area contributed by atoms with E-state index in [4.69, 9.17) is 10.5 Å². The minimum Gasteiger partial charge on any atom is -0.488 e. The second kappa shape index (κ2) is 5.94. The fourth-order valence-electron chi connectivity index (χ4n) is 2.42. The normalized spacial score (nSPS) is 12.3. The van der Waals surface area contributed by atoms with Crippen LogP contribution in [0.2, 0.25) is 0 Å². The van der Waals surface area contributed by atoms with Gasteiger partial charge in [-0.05, 0) is 18.4 Å². The maximum atomic E-state index is 6.08. The third-order valence-corrected chi connectivity index (χ3v) is 3.51. The summed E-state index contributed by atoms with van der Waals surface area (Å²) in [6.45, 7) is 2.46. The van der Waals surface area contributed by atoms with Crippen molar-refractivity contribution < 1.29 is 4.74 Å². The summed E-state index contributed by atoms with van der Waals surface area (Å²) < 4.78 is 6.08. The lowest BCUT2D eigenvalue weighted by atomic mass is 10.0. The molecule has 0 aliphatic heterocycles. The molecular formula is C18H18N2O. The van der Waals surface area contributed by atoms with Crippen molar-refractivity contribution in [2.45, 2.75) is 19.6 Å². The van der Waals surface area contributed by atoms with Gasteiger partial charge in [-0.1, -0.05) is 42.5 Å². The summed E-state index contributed by atoms with van der Waals surface area (Å²) in [7, 11) is 0. The van der Waals surface area contributed by atoms with Crippen LogP contribution in [0.4, 0.5) is 0 Å². The standard InChI is InChI=1S/C18H18N2O/c1-13(19)16-9-8-15-6-2-3-7-17(15)18(16)21-12-14-5-4-10-20-11-14/h2-11,13H,12,19H2,1H3. The van der Waals surface area contributed by atoms with Crippen molar-refractivity contribution >= 4 is 10.8 Å². The van der Waals surface area contributed by atoms with Gasteiger partial charge >= 0.3 is 0 Å². The molecule has 0 spiro atoms. The zero-order valence-electron chi connectivity index (χ0n) is 12.0. The second-order valence-corrected chi connectivity index (χ2v) is 5.14. The van der Waals surface area contributed by atoms with Gasteiger partial charge in [-0.25, -0.2) is 0 Å². The molecule has 3 nitrogen and oxygen atoms in total. The molecule has 0 aliphatic carbocycles. The third-order valence-electron chi connectivity index (χ3n) is 3.51. The van der Waals surface area contributed by atoms with Crippen molar-refractivity contribution in [3.05, 3.63) is 72.1 Å². The number of aromatic nitrogens is 1. The Morgan fingerprint density at radius 2 is 1.95 bits per heavy atom. The van der Waals surface area contributed by atoms with Crippen molar-refractivity contribution in [2.75, 3.05) is 0 Å². The highest BCUT2D eigenvalue weighted by atomic mass is 16.5. The van der Waals surface area contributed by atoms with Crippen LogP contribution in [0.5, 0.6) is 5.75 Å². The van der Waals surface area contributed by atoms with Gasteiger partial charge in [-0.2, -0.15) is 0 Å². The monoisotopic (exact) mass is 278 g/mol. The Morgan fingerprint density at radius 3 is 2.71 bits per heavy atom. The van der Waals surface area contributed by atoms with Crippen LogP contribution in [-0.4, -0.2) is 4.98 Å². The number of benzene rings is 2. The lowest BCUT2D eigenvalue weighted by molar-refractivity contribution is 0.305. The molecule has 0 saturated carbocycles. The first-order valence-corrected chi connectivity index (χ1v) is 7.04. The number of hydrogen-bond acceptors (Lipinski definition) is 3. The van der Waals surface area contributed by atoms with Gasteiger partial charge in [0.25, 0.3) is 0 Å². The summed E-state index contributed by atoms with van der Waals surface area (Å²) in [5, 5.41) is 2.25. The minimum absolute atomic E-state index is 0.0708. The fraction of sp³-hybridized carbons (Fsp3) is 0.167. The van der Waals surface area contributed by atoms with Crippen LogP contribution < -0.4 is 10.5 Å². The van der Waals surface area contributed by atoms with E-state index >= 15 is 0 Å². The molecule has 106 valence electrons. The second-order valence-electron chi connectivity index (χ2n) is 5.14. The molecule has 3 heteroatoms. The smallest absolute Gasteiger partial charge is 0.132 e. The topological polar surface area (TPSA) is 48.1 Å². The average molecular weight is 278 g/mol. The van der Waals surface area contributed by atoms with E-state index in [-0.39, 0.29) is 6.04 Å². The van der Waals surface area contributed by atoms with Gasteiger partial charge in [0.05, 0.1) is 0 Å². The van der Waals surface area contributed by atoms with E-state index in [0.717, 1.165) is 27.6 Å². The van der Waals surface area contributed by atoms with E-state index < -0.39 is 0 Å². The summed E-state index contributed by atoms with van der Waals surface area (Å²) in [5.74, 6) is 0.868. The van der Waals surface area contributed by atoms with E-state index in [9.17, 15) is 0 Å². The van der Waals surface area contributed by atoms with Gasteiger partial charge in [0, 0.05) is 34.9 Å². The maximum absolute atomic E-state index is 6.08. The van der Waals surface area contributed by atoms with Gasteiger partial charge in [0.1, 0.15) is 12.4 Å².